The molecule has 0 radical (unpaired) electrons. The summed E-state index contributed by atoms with van der Waals surface area (Å²) in [7, 11) is 0. The molecule has 0 aliphatic carbocycles. The van der Waals surface area contributed by atoms with Gasteiger partial charge in [0.15, 0.2) is 0 Å². The Morgan fingerprint density at radius 3 is 2.79 bits per heavy atom. The van der Waals surface area contributed by atoms with Crippen LogP contribution in [-0.4, -0.2) is 14.9 Å². The summed E-state index contributed by atoms with van der Waals surface area (Å²) < 4.78 is 1.79. The summed E-state index contributed by atoms with van der Waals surface area (Å²) in [6.07, 6.45) is 3.78. The van der Waals surface area contributed by atoms with Crippen LogP contribution in [0.15, 0.2) is 6.20 Å². The fraction of sp³-hybridized carbons (Fsp3) is 0.700. The van der Waals surface area contributed by atoms with E-state index < -0.39 is 6.10 Å². The van der Waals surface area contributed by atoms with Gasteiger partial charge in [-0.3, -0.25) is 4.68 Å². The van der Waals surface area contributed by atoms with Crippen LogP contribution >= 0.6 is 11.6 Å². The van der Waals surface area contributed by atoms with Crippen LogP contribution < -0.4 is 0 Å². The zero-order valence-corrected chi connectivity index (χ0v) is 9.46. The van der Waals surface area contributed by atoms with Gasteiger partial charge in [-0.05, 0) is 12.8 Å². The molecule has 1 atom stereocenters. The van der Waals surface area contributed by atoms with E-state index >= 15 is 0 Å². The Morgan fingerprint density at radius 1 is 1.50 bits per heavy atom. The minimum atomic E-state index is -0.485. The maximum Gasteiger partial charge on any atom is 0.0971 e. The zero-order chi connectivity index (χ0) is 10.6. The molecule has 0 fully saturated rings. The lowest BCUT2D eigenvalue weighted by molar-refractivity contribution is 0.155. The number of aryl methyl sites for hydroxylation is 1. The molecule has 1 heterocycles. The number of hydrogen-bond acceptors (Lipinski definition) is 2. The third-order valence-corrected chi connectivity index (χ3v) is 2.44. The Labute approximate surface area is 89.7 Å². The van der Waals surface area contributed by atoms with Gasteiger partial charge in [0.2, 0.25) is 0 Å². The molecule has 0 spiro atoms. The molecule has 0 aliphatic rings. The third-order valence-electron chi connectivity index (χ3n) is 2.15. The Kier molecular flexibility index (Phi) is 4.42. The van der Waals surface area contributed by atoms with Crippen LogP contribution in [0, 0.1) is 0 Å². The lowest BCUT2D eigenvalue weighted by Gasteiger charge is -2.12. The Morgan fingerprint density at radius 2 is 2.21 bits per heavy atom. The number of aliphatic hydroxyl groups is 1. The smallest absolute Gasteiger partial charge is 0.0971 e. The van der Waals surface area contributed by atoms with Gasteiger partial charge in [-0.2, -0.15) is 5.10 Å². The van der Waals surface area contributed by atoms with Crippen LogP contribution in [0.25, 0.3) is 0 Å². The molecule has 0 aromatic carbocycles. The molecule has 1 aromatic heterocycles. The first-order valence-corrected chi connectivity index (χ1v) is 5.47. The third kappa shape index (κ3) is 2.49. The average Bonchev–Trinajstić information content (AvgIpc) is 2.48. The molecule has 0 bridgehead atoms. The van der Waals surface area contributed by atoms with Crippen molar-refractivity contribution in [1.29, 1.82) is 0 Å². The molecule has 0 saturated heterocycles. The van der Waals surface area contributed by atoms with Crippen LogP contribution in [0.3, 0.4) is 0 Å². The summed E-state index contributed by atoms with van der Waals surface area (Å²) >= 11 is 5.97. The lowest BCUT2D eigenvalue weighted by Crippen LogP contribution is -2.09. The van der Waals surface area contributed by atoms with Crippen molar-refractivity contribution < 1.29 is 5.11 Å². The molecular formula is C10H17ClN2O. The lowest BCUT2D eigenvalue weighted by atomic mass is 10.1. The summed E-state index contributed by atoms with van der Waals surface area (Å²) in [6, 6.07) is 0. The second-order valence-electron chi connectivity index (χ2n) is 3.41. The fourth-order valence-electron chi connectivity index (χ4n) is 1.50. The van der Waals surface area contributed by atoms with E-state index in [0.29, 0.717) is 5.02 Å². The number of aliphatic hydroxyl groups excluding tert-OH is 1. The van der Waals surface area contributed by atoms with Crippen molar-refractivity contribution in [3.8, 4) is 0 Å². The number of nitrogens with zero attached hydrogens (tertiary/aromatic N) is 2. The van der Waals surface area contributed by atoms with Crippen molar-refractivity contribution >= 4 is 11.6 Å². The van der Waals surface area contributed by atoms with Gasteiger partial charge in [-0.1, -0.05) is 31.9 Å². The van der Waals surface area contributed by atoms with Gasteiger partial charge in [-0.25, -0.2) is 0 Å². The summed E-state index contributed by atoms with van der Waals surface area (Å²) in [5.74, 6) is 0. The molecule has 14 heavy (non-hydrogen) atoms. The topological polar surface area (TPSA) is 38.1 Å². The summed E-state index contributed by atoms with van der Waals surface area (Å²) in [5, 5.41) is 14.6. The van der Waals surface area contributed by atoms with E-state index in [0.717, 1.165) is 31.5 Å². The van der Waals surface area contributed by atoms with Crippen molar-refractivity contribution in [3.05, 3.63) is 16.9 Å². The van der Waals surface area contributed by atoms with Crippen molar-refractivity contribution in [2.24, 2.45) is 0 Å². The van der Waals surface area contributed by atoms with Crippen molar-refractivity contribution in [3.63, 3.8) is 0 Å². The monoisotopic (exact) mass is 216 g/mol. The molecule has 0 saturated carbocycles. The highest BCUT2D eigenvalue weighted by molar-refractivity contribution is 6.31. The van der Waals surface area contributed by atoms with Gasteiger partial charge in [0.05, 0.1) is 23.0 Å². The maximum atomic E-state index is 9.85. The number of hydrogen-bond donors (Lipinski definition) is 1. The molecule has 1 rings (SSSR count). The predicted octanol–water partition coefficient (Wildman–Crippen LogP) is 2.78. The molecule has 1 aromatic rings. The maximum absolute atomic E-state index is 9.85. The Hall–Kier alpha value is -0.540. The molecule has 1 N–H and O–H groups in total. The molecule has 0 amide bonds. The van der Waals surface area contributed by atoms with Crippen molar-refractivity contribution in [2.75, 3.05) is 0 Å². The van der Waals surface area contributed by atoms with E-state index in [4.69, 9.17) is 11.6 Å². The molecule has 1 unspecified atom stereocenters. The van der Waals surface area contributed by atoms with E-state index in [1.54, 1.807) is 10.9 Å². The van der Waals surface area contributed by atoms with E-state index in [1.807, 2.05) is 6.92 Å². The first kappa shape index (κ1) is 11.5. The first-order valence-electron chi connectivity index (χ1n) is 5.10. The van der Waals surface area contributed by atoms with Gasteiger partial charge < -0.3 is 5.11 Å². The zero-order valence-electron chi connectivity index (χ0n) is 8.70. The number of halogens is 1. The summed E-state index contributed by atoms with van der Waals surface area (Å²) in [6.45, 7) is 4.92. The van der Waals surface area contributed by atoms with Gasteiger partial charge in [-0.15, -0.1) is 0 Å². The van der Waals surface area contributed by atoms with Gasteiger partial charge >= 0.3 is 0 Å². The van der Waals surface area contributed by atoms with E-state index in [9.17, 15) is 5.11 Å². The first-order chi connectivity index (χ1) is 6.70. The van der Waals surface area contributed by atoms with Crippen LogP contribution in [0.2, 0.25) is 5.02 Å². The van der Waals surface area contributed by atoms with Gasteiger partial charge in [0, 0.05) is 6.54 Å². The van der Waals surface area contributed by atoms with Crippen LogP contribution in [-0.2, 0) is 6.54 Å². The highest BCUT2D eigenvalue weighted by Gasteiger charge is 2.16. The largest absolute Gasteiger partial charge is 0.387 e. The average molecular weight is 217 g/mol. The van der Waals surface area contributed by atoms with Crippen molar-refractivity contribution in [2.45, 2.75) is 45.8 Å². The van der Waals surface area contributed by atoms with E-state index in [2.05, 4.69) is 12.0 Å². The van der Waals surface area contributed by atoms with Crippen LogP contribution in [0.5, 0.6) is 0 Å². The summed E-state index contributed by atoms with van der Waals surface area (Å²) in [5.41, 5.74) is 0.760. The van der Waals surface area contributed by atoms with E-state index in [-0.39, 0.29) is 0 Å². The minimum absolute atomic E-state index is 0.485. The highest BCUT2D eigenvalue weighted by Crippen LogP contribution is 2.25. The van der Waals surface area contributed by atoms with Crippen LogP contribution in [0.4, 0.5) is 0 Å². The highest BCUT2D eigenvalue weighted by atomic mass is 35.5. The number of aromatic nitrogens is 2. The van der Waals surface area contributed by atoms with Crippen molar-refractivity contribution in [1.82, 2.24) is 9.78 Å². The normalized spacial score (nSPS) is 13.1. The second kappa shape index (κ2) is 5.37. The standard InChI is InChI=1S/C10H17ClN2O/c1-3-5-9(14)10-8(11)7-12-13(10)6-4-2/h7,9,14H,3-6H2,1-2H3. The van der Waals surface area contributed by atoms with Gasteiger partial charge in [0.25, 0.3) is 0 Å². The fourth-order valence-corrected chi connectivity index (χ4v) is 1.77. The Bertz CT molecular complexity index is 286. The second-order valence-corrected chi connectivity index (χ2v) is 3.81. The predicted molar refractivity (Wildman–Crippen MR) is 57.4 cm³/mol. The molecule has 80 valence electrons. The SMILES string of the molecule is CCCC(O)c1c(Cl)cnn1CCC. The van der Waals surface area contributed by atoms with Gasteiger partial charge in [0.1, 0.15) is 0 Å². The molecule has 3 nitrogen and oxygen atoms in total. The Balaban J connectivity index is 2.86. The minimum Gasteiger partial charge on any atom is -0.387 e. The molecule has 0 aliphatic heterocycles. The number of rotatable bonds is 5. The molecule has 4 heteroatoms. The quantitative estimate of drug-likeness (QED) is 0.822. The molecular weight excluding hydrogens is 200 g/mol. The van der Waals surface area contributed by atoms with Crippen LogP contribution in [0.1, 0.15) is 44.9 Å². The summed E-state index contributed by atoms with van der Waals surface area (Å²) in [4.78, 5) is 0. The van der Waals surface area contributed by atoms with E-state index in [1.165, 1.54) is 0 Å².